The van der Waals surface area contributed by atoms with Gasteiger partial charge in [0.15, 0.2) is 17.3 Å². The lowest BCUT2D eigenvalue weighted by Crippen LogP contribution is -2.52. The van der Waals surface area contributed by atoms with E-state index in [0.29, 0.717) is 26.2 Å². The number of carbonyl (C=O) groups excluding carboxylic acids is 1. The molecule has 0 radical (unpaired) electrons. The third kappa shape index (κ3) is 2.70. The molecule has 1 amide bonds. The molecule has 4 rings (SSSR count). The van der Waals surface area contributed by atoms with Gasteiger partial charge in [-0.15, -0.1) is 0 Å². The number of amides is 1. The van der Waals surface area contributed by atoms with Gasteiger partial charge in [-0.1, -0.05) is 12.1 Å². The molecule has 2 aliphatic heterocycles. The minimum atomic E-state index is -0.542. The maximum Gasteiger partial charge on any atom is 0.406 e. The van der Waals surface area contributed by atoms with Crippen molar-refractivity contribution in [1.82, 2.24) is 5.32 Å². The Hall–Kier alpha value is -1.99. The summed E-state index contributed by atoms with van der Waals surface area (Å²) in [5.74, 6) is 0.992. The van der Waals surface area contributed by atoms with Gasteiger partial charge in [-0.05, 0) is 18.9 Å². The van der Waals surface area contributed by atoms with E-state index in [4.69, 9.17) is 18.9 Å². The Morgan fingerprint density at radius 2 is 2.08 bits per heavy atom. The summed E-state index contributed by atoms with van der Waals surface area (Å²) in [5, 5.41) is 2.80. The lowest BCUT2D eigenvalue weighted by atomic mass is 9.65. The van der Waals surface area contributed by atoms with Crippen LogP contribution in [-0.2, 0) is 19.6 Å². The SMILES string of the molecule is COC(=O)NCC[C@@]12CCC3(CC1Oc1c(OC)cccc12)OCCO3. The molecule has 7 nitrogen and oxygen atoms in total. The first-order valence-electron chi connectivity index (χ1n) is 9.06. The second-order valence-electron chi connectivity index (χ2n) is 7.08. The van der Waals surface area contributed by atoms with Gasteiger partial charge in [-0.2, -0.15) is 0 Å². The third-order valence-corrected chi connectivity index (χ3v) is 5.90. The van der Waals surface area contributed by atoms with Crippen molar-refractivity contribution in [2.75, 3.05) is 34.0 Å². The number of nitrogens with one attached hydrogen (secondary N) is 1. The molecule has 2 atom stereocenters. The first kappa shape index (κ1) is 17.4. The Morgan fingerprint density at radius 3 is 2.81 bits per heavy atom. The van der Waals surface area contributed by atoms with Crippen molar-refractivity contribution in [2.24, 2.45) is 0 Å². The van der Waals surface area contributed by atoms with Crippen LogP contribution in [0.4, 0.5) is 4.79 Å². The van der Waals surface area contributed by atoms with Gasteiger partial charge >= 0.3 is 6.09 Å². The van der Waals surface area contributed by atoms with Crippen LogP contribution >= 0.6 is 0 Å². The van der Waals surface area contributed by atoms with Crippen molar-refractivity contribution in [3.63, 3.8) is 0 Å². The van der Waals surface area contributed by atoms with E-state index in [1.54, 1.807) is 7.11 Å². The highest BCUT2D eigenvalue weighted by Gasteiger charge is 2.58. The first-order chi connectivity index (χ1) is 12.6. The number of methoxy groups -OCH3 is 2. The number of fused-ring (bicyclic) bond motifs is 3. The average molecular weight is 363 g/mol. The maximum absolute atomic E-state index is 11.5. The van der Waals surface area contributed by atoms with Gasteiger partial charge in [0, 0.05) is 30.4 Å². The van der Waals surface area contributed by atoms with Gasteiger partial charge in [0.25, 0.3) is 0 Å². The number of carbonyl (C=O) groups is 1. The van der Waals surface area contributed by atoms with E-state index in [2.05, 4.69) is 16.1 Å². The van der Waals surface area contributed by atoms with Gasteiger partial charge in [0.1, 0.15) is 6.10 Å². The Kier molecular flexibility index (Phi) is 4.44. The van der Waals surface area contributed by atoms with Crippen molar-refractivity contribution in [2.45, 2.75) is 43.0 Å². The van der Waals surface area contributed by atoms with Gasteiger partial charge in [-0.3, -0.25) is 0 Å². The van der Waals surface area contributed by atoms with Crippen LogP contribution in [0.1, 0.15) is 31.2 Å². The van der Waals surface area contributed by atoms with Crippen LogP contribution in [0.15, 0.2) is 18.2 Å². The van der Waals surface area contributed by atoms with E-state index in [1.165, 1.54) is 7.11 Å². The third-order valence-electron chi connectivity index (χ3n) is 5.90. The molecule has 1 saturated heterocycles. The van der Waals surface area contributed by atoms with Gasteiger partial charge in [-0.25, -0.2) is 4.79 Å². The highest BCUT2D eigenvalue weighted by atomic mass is 16.7. The van der Waals surface area contributed by atoms with Crippen LogP contribution in [0, 0.1) is 0 Å². The van der Waals surface area contributed by atoms with Crippen molar-refractivity contribution < 1.29 is 28.5 Å². The smallest absolute Gasteiger partial charge is 0.406 e. The zero-order valence-corrected chi connectivity index (χ0v) is 15.2. The molecule has 1 aromatic carbocycles. The molecule has 142 valence electrons. The molecule has 1 aliphatic carbocycles. The molecule has 0 bridgehead atoms. The zero-order valence-electron chi connectivity index (χ0n) is 15.2. The number of benzene rings is 1. The number of ether oxygens (including phenoxy) is 5. The monoisotopic (exact) mass is 363 g/mol. The number of para-hydroxylation sites is 1. The molecular weight excluding hydrogens is 338 g/mol. The summed E-state index contributed by atoms with van der Waals surface area (Å²) in [4.78, 5) is 11.5. The number of rotatable bonds is 4. The van der Waals surface area contributed by atoms with Crippen molar-refractivity contribution >= 4 is 6.09 Å². The van der Waals surface area contributed by atoms with Crippen LogP contribution in [0.5, 0.6) is 11.5 Å². The second-order valence-corrected chi connectivity index (χ2v) is 7.08. The molecule has 0 aromatic heterocycles. The molecule has 1 N–H and O–H groups in total. The van der Waals surface area contributed by atoms with E-state index < -0.39 is 11.9 Å². The molecule has 2 fully saturated rings. The van der Waals surface area contributed by atoms with E-state index in [-0.39, 0.29) is 11.5 Å². The van der Waals surface area contributed by atoms with Gasteiger partial charge in [0.05, 0.1) is 27.4 Å². The molecule has 1 aromatic rings. The molecule has 1 spiro atoms. The largest absolute Gasteiger partial charge is 0.493 e. The summed E-state index contributed by atoms with van der Waals surface area (Å²) in [5.41, 5.74) is 0.937. The maximum atomic E-state index is 11.5. The fraction of sp³-hybridized carbons (Fsp3) is 0.632. The van der Waals surface area contributed by atoms with Crippen molar-refractivity contribution in [3.05, 3.63) is 23.8 Å². The molecule has 3 aliphatic rings. The van der Waals surface area contributed by atoms with Gasteiger partial charge < -0.3 is 29.0 Å². The Labute approximate surface area is 152 Å². The Morgan fingerprint density at radius 1 is 1.27 bits per heavy atom. The Balaban J connectivity index is 1.64. The van der Waals surface area contributed by atoms with Crippen LogP contribution in [0.3, 0.4) is 0 Å². The number of hydrogen-bond acceptors (Lipinski definition) is 6. The lowest BCUT2D eigenvalue weighted by Gasteiger charge is -2.45. The summed E-state index contributed by atoms with van der Waals surface area (Å²) >= 11 is 0. The van der Waals surface area contributed by atoms with Gasteiger partial charge in [0.2, 0.25) is 0 Å². The predicted octanol–water partition coefficient (Wildman–Crippen LogP) is 2.37. The lowest BCUT2D eigenvalue weighted by molar-refractivity contribution is -0.202. The van der Waals surface area contributed by atoms with Crippen LogP contribution in [0.25, 0.3) is 0 Å². The van der Waals surface area contributed by atoms with Crippen LogP contribution < -0.4 is 14.8 Å². The molecule has 1 unspecified atom stereocenters. The van der Waals surface area contributed by atoms with Crippen molar-refractivity contribution in [1.29, 1.82) is 0 Å². The summed E-state index contributed by atoms with van der Waals surface area (Å²) in [6, 6.07) is 6.01. The highest BCUT2D eigenvalue weighted by Crippen LogP contribution is 2.57. The molecule has 1 saturated carbocycles. The summed E-state index contributed by atoms with van der Waals surface area (Å²) in [6.07, 6.45) is 2.59. The highest BCUT2D eigenvalue weighted by molar-refractivity contribution is 5.66. The minimum absolute atomic E-state index is 0.0832. The van der Waals surface area contributed by atoms with Crippen LogP contribution in [0.2, 0.25) is 0 Å². The fourth-order valence-corrected chi connectivity index (χ4v) is 4.59. The second kappa shape index (κ2) is 6.63. The van der Waals surface area contributed by atoms with E-state index in [1.807, 2.05) is 12.1 Å². The number of alkyl carbamates (subject to hydrolysis) is 1. The van der Waals surface area contributed by atoms with E-state index in [0.717, 1.165) is 36.3 Å². The van der Waals surface area contributed by atoms with E-state index >= 15 is 0 Å². The normalized spacial score (nSPS) is 28.2. The summed E-state index contributed by atoms with van der Waals surface area (Å²) in [7, 11) is 3.02. The minimum Gasteiger partial charge on any atom is -0.493 e. The zero-order chi connectivity index (χ0) is 18.2. The summed E-state index contributed by atoms with van der Waals surface area (Å²) < 4.78 is 28.4. The summed E-state index contributed by atoms with van der Waals surface area (Å²) in [6.45, 7) is 1.76. The standard InChI is InChI=1S/C19H25NO6/c1-22-14-5-3-4-13-16(14)26-15-12-19(24-10-11-25-19)7-6-18(13,15)8-9-20-17(21)23-2/h3-5,15H,6-12H2,1-2H3,(H,20,21)/t15?,18-/m1/s1. The van der Waals surface area contributed by atoms with E-state index in [9.17, 15) is 4.79 Å². The Bertz CT molecular complexity index is 687. The van der Waals surface area contributed by atoms with Crippen LogP contribution in [-0.4, -0.2) is 52.0 Å². The average Bonchev–Trinajstić information content (AvgIpc) is 3.24. The first-order valence-corrected chi connectivity index (χ1v) is 9.06. The quantitative estimate of drug-likeness (QED) is 0.885. The van der Waals surface area contributed by atoms with Crippen molar-refractivity contribution in [3.8, 4) is 11.5 Å². The molecule has 26 heavy (non-hydrogen) atoms. The molecule has 2 heterocycles. The predicted molar refractivity (Wildman–Crippen MR) is 92.6 cm³/mol. The number of hydrogen-bond donors (Lipinski definition) is 1. The molecular formula is C19H25NO6. The fourth-order valence-electron chi connectivity index (χ4n) is 4.59. The topological polar surface area (TPSA) is 75.3 Å². The molecule has 7 heteroatoms.